The van der Waals surface area contributed by atoms with Gasteiger partial charge < -0.3 is 14.6 Å². The number of aromatic nitrogens is 2. The van der Waals surface area contributed by atoms with E-state index in [1.54, 1.807) is 12.1 Å². The van der Waals surface area contributed by atoms with Crippen LogP contribution in [0.3, 0.4) is 0 Å². The number of carbonyl (C=O) groups excluding carboxylic acids is 2. The first-order valence-electron chi connectivity index (χ1n) is 9.25. The molecule has 7 nitrogen and oxygen atoms in total. The van der Waals surface area contributed by atoms with Gasteiger partial charge in [0.25, 0.3) is 5.91 Å². The maximum absolute atomic E-state index is 12.9. The van der Waals surface area contributed by atoms with Crippen molar-refractivity contribution in [2.45, 2.75) is 19.3 Å². The molecule has 0 saturated heterocycles. The highest BCUT2D eigenvalue weighted by atomic mass is 19.1. The predicted molar refractivity (Wildman–Crippen MR) is 102 cm³/mol. The van der Waals surface area contributed by atoms with E-state index >= 15 is 0 Å². The number of aryl methyl sites for hydroxylation is 1. The van der Waals surface area contributed by atoms with Crippen LogP contribution >= 0.6 is 0 Å². The fourth-order valence-corrected chi connectivity index (χ4v) is 2.55. The number of hydrogen-bond acceptors (Lipinski definition) is 6. The lowest BCUT2D eigenvalue weighted by molar-refractivity contribution is -0.148. The fraction of sp³-hybridized carbons (Fsp3) is 0.238. The number of benzene rings is 2. The highest BCUT2D eigenvalue weighted by Gasteiger charge is 2.12. The number of esters is 1. The van der Waals surface area contributed by atoms with Crippen molar-refractivity contribution in [3.05, 3.63) is 71.6 Å². The van der Waals surface area contributed by atoms with Crippen LogP contribution < -0.4 is 5.32 Å². The largest absolute Gasteiger partial charge is 0.456 e. The predicted octanol–water partition coefficient (Wildman–Crippen LogP) is 2.85. The smallest absolute Gasteiger partial charge is 0.306 e. The van der Waals surface area contributed by atoms with Crippen molar-refractivity contribution >= 4 is 11.9 Å². The average molecular weight is 415 g/mol. The minimum atomic E-state index is -0.579. The van der Waals surface area contributed by atoms with Crippen molar-refractivity contribution in [2.24, 2.45) is 0 Å². The van der Waals surface area contributed by atoms with E-state index in [0.717, 1.165) is 5.56 Å². The summed E-state index contributed by atoms with van der Waals surface area (Å²) in [7, 11) is 0. The molecule has 9 heteroatoms. The molecule has 30 heavy (non-hydrogen) atoms. The Morgan fingerprint density at radius 2 is 1.63 bits per heavy atom. The zero-order valence-corrected chi connectivity index (χ0v) is 15.9. The summed E-state index contributed by atoms with van der Waals surface area (Å²) in [5.74, 6) is -1.17. The molecule has 3 rings (SSSR count). The van der Waals surface area contributed by atoms with Gasteiger partial charge in [-0.3, -0.25) is 9.59 Å². The van der Waals surface area contributed by atoms with E-state index in [1.807, 2.05) is 0 Å². The molecule has 0 fully saturated rings. The lowest BCUT2D eigenvalue weighted by Crippen LogP contribution is -2.30. The van der Waals surface area contributed by atoms with E-state index in [2.05, 4.69) is 15.5 Å². The molecule has 1 amide bonds. The van der Waals surface area contributed by atoms with E-state index in [1.165, 1.54) is 36.4 Å². The Morgan fingerprint density at radius 3 is 2.33 bits per heavy atom. The van der Waals surface area contributed by atoms with Gasteiger partial charge in [0.05, 0.1) is 6.42 Å². The molecule has 156 valence electrons. The number of ether oxygens (including phenoxy) is 1. The lowest BCUT2D eigenvalue weighted by Gasteiger charge is -2.06. The van der Waals surface area contributed by atoms with Crippen LogP contribution in [0.15, 0.2) is 53.1 Å². The third-order valence-electron chi connectivity index (χ3n) is 4.13. The lowest BCUT2D eigenvalue weighted by atomic mass is 10.1. The molecule has 0 atom stereocenters. The first-order chi connectivity index (χ1) is 14.5. The van der Waals surface area contributed by atoms with Gasteiger partial charge in [-0.25, -0.2) is 8.78 Å². The number of nitrogens with one attached hydrogen (secondary N) is 1. The Kier molecular flexibility index (Phi) is 7.20. The number of hydrogen-bond donors (Lipinski definition) is 1. The number of amides is 1. The summed E-state index contributed by atoms with van der Waals surface area (Å²) in [6, 6.07) is 11.6. The Hall–Kier alpha value is -3.62. The molecular formula is C21H19F2N3O4. The van der Waals surface area contributed by atoms with Gasteiger partial charge in [-0.1, -0.05) is 17.3 Å². The third-order valence-corrected chi connectivity index (χ3v) is 4.13. The van der Waals surface area contributed by atoms with Gasteiger partial charge in [0.1, 0.15) is 11.6 Å². The van der Waals surface area contributed by atoms with Gasteiger partial charge in [-0.2, -0.15) is 4.98 Å². The van der Waals surface area contributed by atoms with Crippen LogP contribution in [0.5, 0.6) is 0 Å². The summed E-state index contributed by atoms with van der Waals surface area (Å²) in [6.07, 6.45) is 0.653. The monoisotopic (exact) mass is 415 g/mol. The second-order valence-corrected chi connectivity index (χ2v) is 6.41. The van der Waals surface area contributed by atoms with Gasteiger partial charge in [-0.05, 0) is 48.4 Å². The summed E-state index contributed by atoms with van der Waals surface area (Å²) in [6.45, 7) is -0.0525. The number of rotatable bonds is 9. The quantitative estimate of drug-likeness (QED) is 0.540. The zero-order chi connectivity index (χ0) is 21.3. The fourth-order valence-electron chi connectivity index (χ4n) is 2.55. The summed E-state index contributed by atoms with van der Waals surface area (Å²) in [5.41, 5.74) is 1.47. The molecule has 0 aliphatic carbocycles. The normalized spacial score (nSPS) is 10.6. The minimum absolute atomic E-state index is 0.0338. The molecule has 1 heterocycles. The standard InChI is InChI=1S/C21H19F2N3O4/c22-16-5-1-14(2-6-16)11-12-24-18(27)13-29-20(28)10-9-19-25-21(26-30-19)15-3-7-17(23)8-4-15/h1-8H,9-13H2,(H,24,27). The summed E-state index contributed by atoms with van der Waals surface area (Å²) >= 11 is 0. The van der Waals surface area contributed by atoms with E-state index in [9.17, 15) is 18.4 Å². The molecule has 1 aromatic heterocycles. The molecule has 0 spiro atoms. The summed E-state index contributed by atoms with van der Waals surface area (Å²) < 4.78 is 35.8. The van der Waals surface area contributed by atoms with Gasteiger partial charge >= 0.3 is 5.97 Å². The van der Waals surface area contributed by atoms with E-state index < -0.39 is 18.5 Å². The molecule has 0 aliphatic rings. The highest BCUT2D eigenvalue weighted by molar-refractivity contribution is 5.80. The van der Waals surface area contributed by atoms with Gasteiger partial charge in [0.2, 0.25) is 11.7 Å². The van der Waals surface area contributed by atoms with Crippen LogP contribution in [0, 0.1) is 11.6 Å². The molecule has 0 unspecified atom stereocenters. The van der Waals surface area contributed by atoms with E-state index in [4.69, 9.17) is 9.26 Å². The first kappa shape index (κ1) is 21.1. The van der Waals surface area contributed by atoms with Crippen molar-refractivity contribution in [3.8, 4) is 11.4 Å². The Morgan fingerprint density at radius 1 is 0.967 bits per heavy atom. The van der Waals surface area contributed by atoms with Crippen LogP contribution in [0.2, 0.25) is 0 Å². The maximum atomic E-state index is 12.9. The molecule has 3 aromatic rings. The number of halogens is 2. The summed E-state index contributed by atoms with van der Waals surface area (Å²) in [5, 5.41) is 6.41. The molecule has 0 aliphatic heterocycles. The molecule has 2 aromatic carbocycles. The minimum Gasteiger partial charge on any atom is -0.456 e. The van der Waals surface area contributed by atoms with Crippen LogP contribution in [-0.4, -0.2) is 35.2 Å². The van der Waals surface area contributed by atoms with Crippen LogP contribution in [0.1, 0.15) is 17.9 Å². The van der Waals surface area contributed by atoms with Crippen molar-refractivity contribution in [1.82, 2.24) is 15.5 Å². The molecule has 1 N–H and O–H groups in total. The Bertz CT molecular complexity index is 988. The maximum Gasteiger partial charge on any atom is 0.306 e. The summed E-state index contributed by atoms with van der Waals surface area (Å²) in [4.78, 5) is 27.7. The van der Waals surface area contributed by atoms with Crippen molar-refractivity contribution in [3.63, 3.8) is 0 Å². The van der Waals surface area contributed by atoms with Gasteiger partial charge in [0.15, 0.2) is 6.61 Å². The van der Waals surface area contributed by atoms with Crippen molar-refractivity contribution < 1.29 is 27.6 Å². The van der Waals surface area contributed by atoms with Crippen LogP contribution in [-0.2, 0) is 27.2 Å². The molecule has 0 bridgehead atoms. The Balaban J connectivity index is 1.34. The van der Waals surface area contributed by atoms with Gasteiger partial charge in [-0.15, -0.1) is 0 Å². The SMILES string of the molecule is O=C(COC(=O)CCc1nc(-c2ccc(F)cc2)no1)NCCc1ccc(F)cc1. The second kappa shape index (κ2) is 10.2. The van der Waals surface area contributed by atoms with Crippen molar-refractivity contribution in [1.29, 1.82) is 0 Å². The topological polar surface area (TPSA) is 94.3 Å². The third kappa shape index (κ3) is 6.47. The van der Waals surface area contributed by atoms with Crippen LogP contribution in [0.4, 0.5) is 8.78 Å². The van der Waals surface area contributed by atoms with E-state index in [0.29, 0.717) is 24.4 Å². The van der Waals surface area contributed by atoms with Crippen molar-refractivity contribution in [2.75, 3.05) is 13.2 Å². The molecular weight excluding hydrogens is 396 g/mol. The average Bonchev–Trinajstić information content (AvgIpc) is 3.22. The second-order valence-electron chi connectivity index (χ2n) is 6.41. The molecule has 0 saturated carbocycles. The zero-order valence-electron chi connectivity index (χ0n) is 15.9. The number of nitrogens with zero attached hydrogens (tertiary/aromatic N) is 2. The highest BCUT2D eigenvalue weighted by Crippen LogP contribution is 2.16. The van der Waals surface area contributed by atoms with Crippen LogP contribution in [0.25, 0.3) is 11.4 Å². The first-order valence-corrected chi connectivity index (χ1v) is 9.25. The molecule has 0 radical (unpaired) electrons. The Labute approximate surface area is 171 Å². The van der Waals surface area contributed by atoms with E-state index in [-0.39, 0.29) is 30.4 Å². The van der Waals surface area contributed by atoms with Gasteiger partial charge in [0, 0.05) is 18.5 Å². The number of carbonyl (C=O) groups is 2.